The molecule has 0 aromatic carbocycles. The molecule has 7 nitrogen and oxygen atoms in total. The number of amides is 2. The number of carbonyl (C=O) groups is 3. The fourth-order valence-electron chi connectivity index (χ4n) is 2.22. The van der Waals surface area contributed by atoms with Gasteiger partial charge in [-0.1, -0.05) is 6.92 Å². The predicted octanol–water partition coefficient (Wildman–Crippen LogP) is 1.45. The van der Waals surface area contributed by atoms with Crippen molar-refractivity contribution in [2.75, 3.05) is 13.2 Å². The maximum absolute atomic E-state index is 12.3. The quantitative estimate of drug-likeness (QED) is 0.661. The number of carbonyl (C=O) groups excluding carboxylic acids is 3. The molecular formula is C16H25N3O4. The van der Waals surface area contributed by atoms with Crippen LogP contribution in [-0.2, 0) is 9.53 Å². The highest BCUT2D eigenvalue weighted by atomic mass is 16.5. The van der Waals surface area contributed by atoms with Gasteiger partial charge in [0.05, 0.1) is 12.2 Å². The first-order chi connectivity index (χ1) is 10.8. The summed E-state index contributed by atoms with van der Waals surface area (Å²) in [6.07, 6.45) is 0.824. The standard InChI is InChI=1S/C16H25N3O4/c1-6-8-17-14(20)11(5)19-15(21)13-9(3)12(10(4)18-13)16(22)23-7-2/h11,18H,6-8H2,1-5H3,(H,17,20)(H,19,21)/t11-/m0/s1. The van der Waals surface area contributed by atoms with E-state index < -0.39 is 17.9 Å². The number of hydrogen-bond donors (Lipinski definition) is 3. The highest BCUT2D eigenvalue weighted by molar-refractivity contribution is 6.01. The lowest BCUT2D eigenvalue weighted by molar-refractivity contribution is -0.122. The Morgan fingerprint density at radius 3 is 2.43 bits per heavy atom. The lowest BCUT2D eigenvalue weighted by Crippen LogP contribution is -2.45. The zero-order chi connectivity index (χ0) is 17.6. The van der Waals surface area contributed by atoms with E-state index in [0.29, 0.717) is 23.4 Å². The number of nitrogens with one attached hydrogen (secondary N) is 3. The highest BCUT2D eigenvalue weighted by Gasteiger charge is 2.24. The minimum Gasteiger partial charge on any atom is -0.462 e. The molecule has 0 radical (unpaired) electrons. The van der Waals surface area contributed by atoms with E-state index >= 15 is 0 Å². The molecular weight excluding hydrogens is 298 g/mol. The normalized spacial score (nSPS) is 11.7. The van der Waals surface area contributed by atoms with E-state index in [1.165, 1.54) is 0 Å². The van der Waals surface area contributed by atoms with Crippen LogP contribution < -0.4 is 10.6 Å². The molecule has 0 saturated heterocycles. The van der Waals surface area contributed by atoms with Gasteiger partial charge in [-0.3, -0.25) is 9.59 Å². The number of aromatic amines is 1. The van der Waals surface area contributed by atoms with Crippen LogP contribution >= 0.6 is 0 Å². The zero-order valence-electron chi connectivity index (χ0n) is 14.3. The van der Waals surface area contributed by atoms with Crippen molar-refractivity contribution in [1.82, 2.24) is 15.6 Å². The van der Waals surface area contributed by atoms with Crippen LogP contribution in [0.25, 0.3) is 0 Å². The number of ether oxygens (including phenoxy) is 1. The van der Waals surface area contributed by atoms with Gasteiger partial charge in [0, 0.05) is 12.2 Å². The number of esters is 1. The summed E-state index contributed by atoms with van der Waals surface area (Å²) in [4.78, 5) is 39.0. The van der Waals surface area contributed by atoms with Crippen LogP contribution in [0.4, 0.5) is 0 Å². The number of hydrogen-bond acceptors (Lipinski definition) is 4. The van der Waals surface area contributed by atoms with Crippen LogP contribution in [0.5, 0.6) is 0 Å². The van der Waals surface area contributed by atoms with E-state index in [4.69, 9.17) is 4.74 Å². The zero-order valence-corrected chi connectivity index (χ0v) is 14.3. The van der Waals surface area contributed by atoms with Crippen LogP contribution in [-0.4, -0.2) is 42.0 Å². The number of rotatable bonds is 7. The van der Waals surface area contributed by atoms with Gasteiger partial charge in [-0.2, -0.15) is 0 Å². The van der Waals surface area contributed by atoms with Gasteiger partial charge >= 0.3 is 5.97 Å². The Morgan fingerprint density at radius 2 is 1.87 bits per heavy atom. The lowest BCUT2D eigenvalue weighted by Gasteiger charge is -2.13. The molecule has 0 fully saturated rings. The van der Waals surface area contributed by atoms with E-state index in [-0.39, 0.29) is 18.2 Å². The Hall–Kier alpha value is -2.31. The lowest BCUT2D eigenvalue weighted by atomic mass is 10.1. The second-order valence-electron chi connectivity index (χ2n) is 5.33. The second kappa shape index (κ2) is 8.36. The summed E-state index contributed by atoms with van der Waals surface area (Å²) < 4.78 is 4.99. The molecule has 3 N–H and O–H groups in total. The maximum Gasteiger partial charge on any atom is 0.340 e. The third kappa shape index (κ3) is 4.58. The summed E-state index contributed by atoms with van der Waals surface area (Å²) in [5.41, 5.74) is 1.70. The molecule has 1 rings (SSSR count). The molecule has 1 aromatic rings. The minimum absolute atomic E-state index is 0.244. The molecule has 0 aliphatic rings. The Morgan fingerprint density at radius 1 is 1.22 bits per heavy atom. The summed E-state index contributed by atoms with van der Waals surface area (Å²) in [6.45, 7) is 9.48. The molecule has 2 amide bonds. The van der Waals surface area contributed by atoms with Gasteiger partial charge in [-0.15, -0.1) is 0 Å². The van der Waals surface area contributed by atoms with Gasteiger partial charge < -0.3 is 20.4 Å². The first-order valence-electron chi connectivity index (χ1n) is 7.78. The molecule has 7 heteroatoms. The van der Waals surface area contributed by atoms with Crippen molar-refractivity contribution in [2.24, 2.45) is 0 Å². The minimum atomic E-state index is -0.664. The van der Waals surface area contributed by atoms with Crippen LogP contribution in [0, 0.1) is 13.8 Å². The largest absolute Gasteiger partial charge is 0.462 e. The molecule has 128 valence electrons. The Bertz CT molecular complexity index is 592. The fourth-order valence-corrected chi connectivity index (χ4v) is 2.22. The average molecular weight is 323 g/mol. The van der Waals surface area contributed by atoms with Crippen LogP contribution in [0.2, 0.25) is 0 Å². The van der Waals surface area contributed by atoms with Gasteiger partial charge in [0.15, 0.2) is 0 Å². The van der Waals surface area contributed by atoms with E-state index in [0.717, 1.165) is 6.42 Å². The summed E-state index contributed by atoms with van der Waals surface area (Å²) >= 11 is 0. The molecule has 0 aliphatic carbocycles. The summed E-state index contributed by atoms with van der Waals surface area (Å²) in [7, 11) is 0. The van der Waals surface area contributed by atoms with Gasteiger partial charge in [-0.25, -0.2) is 4.79 Å². The number of H-pyrrole nitrogens is 1. The molecule has 23 heavy (non-hydrogen) atoms. The third-order valence-corrected chi connectivity index (χ3v) is 3.43. The van der Waals surface area contributed by atoms with Crippen molar-refractivity contribution in [2.45, 2.75) is 47.1 Å². The van der Waals surface area contributed by atoms with Gasteiger partial charge in [0.25, 0.3) is 5.91 Å². The monoisotopic (exact) mass is 323 g/mol. The molecule has 1 atom stereocenters. The van der Waals surface area contributed by atoms with Gasteiger partial charge in [-0.05, 0) is 39.7 Å². The Labute approximate surface area is 136 Å². The number of aromatic nitrogens is 1. The molecule has 0 aliphatic heterocycles. The van der Waals surface area contributed by atoms with Crippen molar-refractivity contribution in [3.63, 3.8) is 0 Å². The Balaban J connectivity index is 2.87. The summed E-state index contributed by atoms with van der Waals surface area (Å²) in [5.74, 6) is -1.14. The van der Waals surface area contributed by atoms with Crippen molar-refractivity contribution in [3.05, 3.63) is 22.5 Å². The molecule has 1 aromatic heterocycles. The van der Waals surface area contributed by atoms with Crippen molar-refractivity contribution < 1.29 is 19.1 Å². The summed E-state index contributed by atoms with van der Waals surface area (Å²) in [5, 5.41) is 5.34. The predicted molar refractivity (Wildman–Crippen MR) is 86.5 cm³/mol. The smallest absolute Gasteiger partial charge is 0.340 e. The van der Waals surface area contributed by atoms with Crippen molar-refractivity contribution in [1.29, 1.82) is 0 Å². The maximum atomic E-state index is 12.3. The highest BCUT2D eigenvalue weighted by Crippen LogP contribution is 2.19. The molecule has 0 bridgehead atoms. The molecule has 0 saturated carbocycles. The van der Waals surface area contributed by atoms with Crippen LogP contribution in [0.1, 0.15) is 59.3 Å². The fraction of sp³-hybridized carbons (Fsp3) is 0.562. The van der Waals surface area contributed by atoms with Crippen molar-refractivity contribution in [3.8, 4) is 0 Å². The van der Waals surface area contributed by atoms with E-state index in [1.807, 2.05) is 6.92 Å². The third-order valence-electron chi connectivity index (χ3n) is 3.43. The second-order valence-corrected chi connectivity index (χ2v) is 5.33. The van der Waals surface area contributed by atoms with E-state index in [2.05, 4.69) is 15.6 Å². The molecule has 0 spiro atoms. The van der Waals surface area contributed by atoms with Gasteiger partial charge in [0.2, 0.25) is 5.91 Å². The van der Waals surface area contributed by atoms with Crippen LogP contribution in [0.15, 0.2) is 0 Å². The van der Waals surface area contributed by atoms with Gasteiger partial charge in [0.1, 0.15) is 11.7 Å². The van der Waals surface area contributed by atoms with Crippen molar-refractivity contribution >= 4 is 17.8 Å². The first-order valence-corrected chi connectivity index (χ1v) is 7.78. The Kier molecular flexibility index (Phi) is 6.81. The molecule has 1 heterocycles. The first kappa shape index (κ1) is 18.7. The SMILES string of the molecule is CCCNC(=O)[C@H](C)NC(=O)c1[nH]c(C)c(C(=O)OCC)c1C. The van der Waals surface area contributed by atoms with Crippen LogP contribution in [0.3, 0.4) is 0 Å². The average Bonchev–Trinajstić information content (AvgIpc) is 2.79. The molecule has 0 unspecified atom stereocenters. The summed E-state index contributed by atoms with van der Waals surface area (Å²) in [6, 6.07) is -0.664. The van der Waals surface area contributed by atoms with E-state index in [9.17, 15) is 14.4 Å². The van der Waals surface area contributed by atoms with E-state index in [1.54, 1.807) is 27.7 Å². The number of aryl methyl sites for hydroxylation is 1. The topological polar surface area (TPSA) is 100 Å².